The Balaban J connectivity index is 2.63. The number of carbonyl (C=O) groups excluding carboxylic acids is 1. The van der Waals surface area contributed by atoms with Gasteiger partial charge < -0.3 is 4.74 Å². The van der Waals surface area contributed by atoms with E-state index in [0.29, 0.717) is 0 Å². The molecule has 0 fully saturated rings. The molecule has 1 aliphatic rings. The number of hydrogen-bond donors (Lipinski definition) is 0. The van der Waals surface area contributed by atoms with Gasteiger partial charge in [-0.15, -0.1) is 0 Å². The summed E-state index contributed by atoms with van der Waals surface area (Å²) in [6.45, 7) is 8.93. The van der Waals surface area contributed by atoms with Crippen LogP contribution in [0.1, 0.15) is 31.2 Å². The fraction of sp³-hybridized carbons (Fsp3) is 0.389. The molecule has 144 valence electrons. The number of methoxy groups -OCH3 is 1. The summed E-state index contributed by atoms with van der Waals surface area (Å²) in [5.74, 6) is -3.39. The number of nitrogens with zero attached hydrogens (tertiary/aromatic N) is 2. The van der Waals surface area contributed by atoms with Crippen LogP contribution in [0.3, 0.4) is 0 Å². The number of rotatable bonds is 4. The summed E-state index contributed by atoms with van der Waals surface area (Å²) in [6, 6.07) is 3.43. The molecule has 0 aromatic heterocycles. The number of carbonyl (C=O) groups is 1. The first-order valence-electron chi connectivity index (χ1n) is 7.84. The van der Waals surface area contributed by atoms with Crippen LogP contribution in [-0.4, -0.2) is 25.0 Å². The maximum absolute atomic E-state index is 13.4. The highest BCUT2D eigenvalue weighted by atomic mass is 35.5. The first kappa shape index (κ1) is 20.9. The number of halogens is 5. The summed E-state index contributed by atoms with van der Waals surface area (Å²) in [7, 11) is 1.15. The summed E-state index contributed by atoms with van der Waals surface area (Å²) in [4.78, 5) is 19.7. The van der Waals surface area contributed by atoms with E-state index < -0.39 is 42.6 Å². The Labute approximate surface area is 158 Å². The molecule has 0 saturated carbocycles. The Morgan fingerprint density at radius 2 is 2.07 bits per heavy atom. The normalized spacial score (nSPS) is 20.1. The van der Waals surface area contributed by atoms with Crippen LogP contribution in [0.25, 0.3) is 4.85 Å². The van der Waals surface area contributed by atoms with Crippen LogP contribution in [0.4, 0.5) is 17.6 Å². The van der Waals surface area contributed by atoms with Crippen LogP contribution in [0.15, 0.2) is 34.6 Å². The molecule has 9 heteroatoms. The molecular formula is C18H15ClF4N2O2. The van der Waals surface area contributed by atoms with Gasteiger partial charge in [0.05, 0.1) is 19.6 Å². The Morgan fingerprint density at radius 1 is 1.41 bits per heavy atom. The predicted octanol–water partition coefficient (Wildman–Crippen LogP) is 5.30. The number of benzene rings is 1. The van der Waals surface area contributed by atoms with Crippen molar-refractivity contribution in [3.05, 3.63) is 57.4 Å². The van der Waals surface area contributed by atoms with E-state index in [1.165, 1.54) is 13.0 Å². The minimum absolute atomic E-state index is 0.0417. The van der Waals surface area contributed by atoms with E-state index in [1.54, 1.807) is 0 Å². The minimum Gasteiger partial charge on any atom is -0.469 e. The molecule has 1 heterocycles. The van der Waals surface area contributed by atoms with Gasteiger partial charge in [0, 0.05) is 28.8 Å². The number of ether oxygens (including phenoxy) is 1. The quantitative estimate of drug-likeness (QED) is 0.389. The van der Waals surface area contributed by atoms with Gasteiger partial charge in [0.15, 0.2) is 5.70 Å². The molecule has 0 spiro atoms. The Hall–Kier alpha value is -2.40. The summed E-state index contributed by atoms with van der Waals surface area (Å²) in [5.41, 5.74) is 0.258. The Bertz CT molecular complexity index is 856. The molecule has 0 N–H and O–H groups in total. The lowest BCUT2D eigenvalue weighted by atomic mass is 9.78. The van der Waals surface area contributed by atoms with Crippen molar-refractivity contribution in [2.24, 2.45) is 10.9 Å². The molecule has 0 radical (unpaired) electrons. The van der Waals surface area contributed by atoms with Crippen molar-refractivity contribution >= 4 is 23.3 Å². The maximum atomic E-state index is 13.4. The molecule has 4 nitrogen and oxygen atoms in total. The van der Waals surface area contributed by atoms with Gasteiger partial charge in [-0.1, -0.05) is 17.7 Å². The molecule has 0 amide bonds. The van der Waals surface area contributed by atoms with Crippen molar-refractivity contribution in [2.45, 2.75) is 31.9 Å². The van der Waals surface area contributed by atoms with Gasteiger partial charge in [0.25, 0.3) is 0 Å². The third-order valence-corrected chi connectivity index (χ3v) is 4.53. The fourth-order valence-corrected chi connectivity index (χ4v) is 3.30. The van der Waals surface area contributed by atoms with Crippen molar-refractivity contribution in [2.75, 3.05) is 7.11 Å². The highest BCUT2D eigenvalue weighted by Crippen LogP contribution is 2.44. The zero-order valence-corrected chi connectivity index (χ0v) is 15.2. The predicted molar refractivity (Wildman–Crippen MR) is 91.7 cm³/mol. The number of hydrogen-bond acceptors (Lipinski definition) is 3. The van der Waals surface area contributed by atoms with Crippen molar-refractivity contribution in [1.82, 2.24) is 0 Å². The molecule has 1 aliphatic heterocycles. The maximum Gasteiger partial charge on any atom is 0.389 e. The topological polar surface area (TPSA) is 43.0 Å². The second-order valence-electron chi connectivity index (χ2n) is 5.96. The lowest BCUT2D eigenvalue weighted by molar-refractivity contribution is -0.143. The lowest BCUT2D eigenvalue weighted by Gasteiger charge is -2.30. The average Bonchev–Trinajstić information content (AvgIpc) is 2.58. The third-order valence-electron chi connectivity index (χ3n) is 4.20. The van der Waals surface area contributed by atoms with Gasteiger partial charge in [-0.2, -0.15) is 13.2 Å². The molecule has 0 aliphatic carbocycles. The van der Waals surface area contributed by atoms with E-state index in [9.17, 15) is 22.4 Å². The zero-order valence-electron chi connectivity index (χ0n) is 14.4. The summed E-state index contributed by atoms with van der Waals surface area (Å²) in [5, 5.41) is -0.0417. The van der Waals surface area contributed by atoms with Gasteiger partial charge in [-0.25, -0.2) is 9.24 Å². The van der Waals surface area contributed by atoms with E-state index in [4.69, 9.17) is 22.9 Å². The van der Waals surface area contributed by atoms with Crippen LogP contribution in [0, 0.1) is 18.3 Å². The first-order valence-corrected chi connectivity index (χ1v) is 8.22. The van der Waals surface area contributed by atoms with Gasteiger partial charge in [-0.3, -0.25) is 9.79 Å². The molecule has 1 aromatic rings. The zero-order chi connectivity index (χ0) is 20.4. The van der Waals surface area contributed by atoms with Crippen LogP contribution < -0.4 is 0 Å². The number of aliphatic imine (C=N–C) groups is 1. The van der Waals surface area contributed by atoms with Crippen molar-refractivity contribution < 1.29 is 27.1 Å². The van der Waals surface area contributed by atoms with Crippen molar-refractivity contribution in [1.29, 1.82) is 0 Å². The van der Waals surface area contributed by atoms with Gasteiger partial charge in [-0.05, 0) is 31.0 Å². The Kier molecular flexibility index (Phi) is 6.26. The molecule has 2 unspecified atom stereocenters. The van der Waals surface area contributed by atoms with Gasteiger partial charge >= 0.3 is 12.1 Å². The monoisotopic (exact) mass is 402 g/mol. The largest absolute Gasteiger partial charge is 0.469 e. The Morgan fingerprint density at radius 3 is 2.59 bits per heavy atom. The van der Waals surface area contributed by atoms with Crippen LogP contribution in [0.5, 0.6) is 0 Å². The highest BCUT2D eigenvalue weighted by Gasteiger charge is 2.42. The molecule has 0 bridgehead atoms. The SMILES string of the molecule is [C-]#[N+]C1=C(CCC(F)(F)F)N=C(C)C(C(=O)OC)C1c1ccc(F)cc1Cl. The number of esters is 1. The molecule has 0 saturated heterocycles. The summed E-state index contributed by atoms with van der Waals surface area (Å²) < 4.78 is 56.1. The van der Waals surface area contributed by atoms with Crippen molar-refractivity contribution in [3.63, 3.8) is 0 Å². The third kappa shape index (κ3) is 4.66. The van der Waals surface area contributed by atoms with Crippen molar-refractivity contribution in [3.8, 4) is 0 Å². The van der Waals surface area contributed by atoms with Gasteiger partial charge in [0.1, 0.15) is 5.82 Å². The number of alkyl halides is 3. The van der Waals surface area contributed by atoms with E-state index in [1.807, 2.05) is 0 Å². The lowest BCUT2D eigenvalue weighted by Crippen LogP contribution is -2.33. The first-order chi connectivity index (χ1) is 12.6. The second kappa shape index (κ2) is 8.09. The van der Waals surface area contributed by atoms with Crippen LogP contribution in [0.2, 0.25) is 5.02 Å². The smallest absolute Gasteiger partial charge is 0.389 e. The summed E-state index contributed by atoms with van der Waals surface area (Å²) >= 11 is 6.11. The molecule has 1 aromatic carbocycles. The number of allylic oxidation sites excluding steroid dienone is 2. The highest BCUT2D eigenvalue weighted by molar-refractivity contribution is 6.31. The van der Waals surface area contributed by atoms with E-state index in [2.05, 4.69) is 9.84 Å². The average molecular weight is 403 g/mol. The molecule has 27 heavy (non-hydrogen) atoms. The van der Waals surface area contributed by atoms with E-state index in [-0.39, 0.29) is 27.7 Å². The van der Waals surface area contributed by atoms with Crippen LogP contribution >= 0.6 is 11.6 Å². The molecule has 2 atom stereocenters. The fourth-order valence-electron chi connectivity index (χ4n) is 3.01. The van der Waals surface area contributed by atoms with Gasteiger partial charge in [0.2, 0.25) is 0 Å². The van der Waals surface area contributed by atoms with Crippen LogP contribution in [-0.2, 0) is 9.53 Å². The molecular weight excluding hydrogens is 388 g/mol. The van der Waals surface area contributed by atoms with E-state index in [0.717, 1.165) is 19.2 Å². The van der Waals surface area contributed by atoms with E-state index >= 15 is 0 Å². The summed E-state index contributed by atoms with van der Waals surface area (Å²) in [6.07, 6.45) is -6.10. The second-order valence-corrected chi connectivity index (χ2v) is 6.36. The minimum atomic E-state index is -4.42. The standard InChI is InChI=1S/C18H15ClF4N2O2/c1-9-14(17(26)27-3)15(11-5-4-10(20)8-12(11)19)16(24-2)13(25-9)6-7-18(21,22)23/h4-5,8,14-15H,6-7H2,1,3H3. The molecule has 2 rings (SSSR count).